The van der Waals surface area contributed by atoms with Crippen molar-refractivity contribution in [3.63, 3.8) is 0 Å². The molecule has 1 heterocycles. The van der Waals surface area contributed by atoms with Crippen LogP contribution in [-0.4, -0.2) is 13.3 Å². The van der Waals surface area contributed by atoms with E-state index in [0.29, 0.717) is 26.4 Å². The molecule has 0 spiro atoms. The molecule has 0 atom stereocenters. The van der Waals surface area contributed by atoms with E-state index in [0.717, 1.165) is 0 Å². The largest absolute Gasteiger partial charge is 0.456 e. The number of nitrogens with zero attached hydrogens (tertiary/aromatic N) is 1. The van der Waals surface area contributed by atoms with Gasteiger partial charge in [-0.05, 0) is 34.1 Å². The number of hydrogen-bond acceptors (Lipinski definition) is 5. The Kier molecular flexibility index (Phi) is 3.01. The molecular weight excluding hydrogens is 364 g/mol. The Bertz CT molecular complexity index is 1010. The summed E-state index contributed by atoms with van der Waals surface area (Å²) < 4.78 is 28.5. The van der Waals surface area contributed by atoms with E-state index in [2.05, 4.69) is 15.9 Å². The normalized spacial score (nSPS) is 12.1. The Balaban J connectivity index is 2.37. The van der Waals surface area contributed by atoms with Crippen LogP contribution in [0.1, 0.15) is 0 Å². The summed E-state index contributed by atoms with van der Waals surface area (Å²) in [6.07, 6.45) is 0. The zero-order valence-electron chi connectivity index (χ0n) is 10.2. The second-order valence-electron chi connectivity index (χ2n) is 4.36. The van der Waals surface area contributed by atoms with Gasteiger partial charge in [-0.2, -0.15) is 0 Å². The summed E-state index contributed by atoms with van der Waals surface area (Å²) in [6, 6.07) is 7.07. The topological polar surface area (TPSA) is 116 Å². The van der Waals surface area contributed by atoms with Crippen molar-refractivity contribution in [1.29, 1.82) is 0 Å². The Labute approximate surface area is 126 Å². The van der Waals surface area contributed by atoms with E-state index >= 15 is 0 Å². The summed E-state index contributed by atoms with van der Waals surface area (Å²) in [5.41, 5.74) is 0.462. The van der Waals surface area contributed by atoms with Gasteiger partial charge in [0.05, 0.1) is 20.4 Å². The lowest BCUT2D eigenvalue weighted by Gasteiger charge is -1.97. The fraction of sp³-hybridized carbons (Fsp3) is 0. The van der Waals surface area contributed by atoms with E-state index in [4.69, 9.17) is 9.56 Å². The maximum absolute atomic E-state index is 11.3. The summed E-state index contributed by atoms with van der Waals surface area (Å²) in [6.45, 7) is 0. The minimum atomic E-state index is -3.84. The number of sulfonamides is 1. The number of nitro groups is 1. The van der Waals surface area contributed by atoms with Crippen LogP contribution in [0.5, 0.6) is 0 Å². The highest BCUT2D eigenvalue weighted by Gasteiger charge is 2.18. The number of furan rings is 1. The number of fused-ring (bicyclic) bond motifs is 3. The first-order valence-corrected chi connectivity index (χ1v) is 7.94. The number of hydrogen-bond donors (Lipinski definition) is 1. The second-order valence-corrected chi connectivity index (χ2v) is 6.78. The molecule has 21 heavy (non-hydrogen) atoms. The molecule has 0 bridgehead atoms. The van der Waals surface area contributed by atoms with Gasteiger partial charge in [0.2, 0.25) is 10.0 Å². The van der Waals surface area contributed by atoms with Crippen LogP contribution in [-0.2, 0) is 10.0 Å². The summed E-state index contributed by atoms with van der Waals surface area (Å²) in [5, 5.41) is 17.3. The zero-order valence-corrected chi connectivity index (χ0v) is 12.6. The number of nitrogens with two attached hydrogens (primary N) is 1. The Morgan fingerprint density at radius 1 is 1.14 bits per heavy atom. The zero-order chi connectivity index (χ0) is 15.4. The van der Waals surface area contributed by atoms with E-state index in [1.807, 2.05) is 0 Å². The van der Waals surface area contributed by atoms with Crippen molar-refractivity contribution < 1.29 is 17.8 Å². The highest BCUT2D eigenvalue weighted by atomic mass is 79.9. The number of nitro benzene ring substituents is 1. The molecule has 0 unspecified atom stereocenters. The summed E-state index contributed by atoms with van der Waals surface area (Å²) >= 11 is 3.14. The lowest BCUT2D eigenvalue weighted by molar-refractivity contribution is -0.385. The smallest absolute Gasteiger partial charge is 0.287 e. The van der Waals surface area contributed by atoms with Gasteiger partial charge in [-0.25, -0.2) is 13.6 Å². The van der Waals surface area contributed by atoms with Crippen molar-refractivity contribution in [1.82, 2.24) is 0 Å². The molecule has 2 aromatic carbocycles. The van der Waals surface area contributed by atoms with Gasteiger partial charge in [0.1, 0.15) is 11.2 Å². The fourth-order valence-electron chi connectivity index (χ4n) is 2.08. The summed E-state index contributed by atoms with van der Waals surface area (Å²) in [5.74, 6) is 0. The van der Waals surface area contributed by atoms with Crippen LogP contribution in [0.15, 0.2) is 44.1 Å². The van der Waals surface area contributed by atoms with Crippen molar-refractivity contribution in [3.05, 3.63) is 44.9 Å². The standard InChI is InChI=1S/C12H7BrN2O5S/c13-9-4-8-7-2-1-6(21(14,18)19)3-11(7)20-12(8)5-10(9)15(16)17/h1-5H,(H2,14,18,19). The predicted molar refractivity (Wildman–Crippen MR) is 79.4 cm³/mol. The quantitative estimate of drug-likeness (QED) is 0.549. The monoisotopic (exact) mass is 370 g/mol. The van der Waals surface area contributed by atoms with Crippen molar-refractivity contribution >= 4 is 53.6 Å². The molecule has 3 aromatic rings. The third kappa shape index (κ3) is 2.28. The Morgan fingerprint density at radius 2 is 1.81 bits per heavy atom. The third-order valence-corrected chi connectivity index (χ3v) is 4.58. The number of primary sulfonamides is 1. The first-order valence-electron chi connectivity index (χ1n) is 5.60. The fourth-order valence-corrected chi connectivity index (χ4v) is 3.10. The molecule has 0 aliphatic carbocycles. The van der Waals surface area contributed by atoms with Gasteiger partial charge in [-0.3, -0.25) is 10.1 Å². The van der Waals surface area contributed by atoms with Crippen LogP contribution in [0, 0.1) is 10.1 Å². The molecule has 0 aliphatic heterocycles. The minimum Gasteiger partial charge on any atom is -0.456 e. The maximum Gasteiger partial charge on any atom is 0.287 e. The van der Waals surface area contributed by atoms with Gasteiger partial charge in [0.25, 0.3) is 5.69 Å². The predicted octanol–water partition coefficient (Wildman–Crippen LogP) is 2.90. The molecule has 2 N–H and O–H groups in total. The lowest BCUT2D eigenvalue weighted by atomic mass is 10.1. The van der Waals surface area contributed by atoms with Gasteiger partial charge >= 0.3 is 0 Å². The minimum absolute atomic E-state index is 0.0809. The summed E-state index contributed by atoms with van der Waals surface area (Å²) in [4.78, 5) is 10.3. The van der Waals surface area contributed by atoms with E-state index in [1.165, 1.54) is 18.2 Å². The van der Waals surface area contributed by atoms with Crippen LogP contribution in [0.2, 0.25) is 0 Å². The number of halogens is 1. The van der Waals surface area contributed by atoms with Crippen molar-refractivity contribution in [2.45, 2.75) is 4.90 Å². The third-order valence-electron chi connectivity index (χ3n) is 3.04. The van der Waals surface area contributed by atoms with Crippen molar-refractivity contribution in [2.75, 3.05) is 0 Å². The Morgan fingerprint density at radius 3 is 2.43 bits per heavy atom. The first-order chi connectivity index (χ1) is 9.77. The van der Waals surface area contributed by atoms with E-state index in [9.17, 15) is 18.5 Å². The average Bonchev–Trinajstić information content (AvgIpc) is 2.73. The van der Waals surface area contributed by atoms with Crippen molar-refractivity contribution in [2.24, 2.45) is 5.14 Å². The molecule has 0 saturated heterocycles. The maximum atomic E-state index is 11.3. The SMILES string of the molecule is NS(=O)(=O)c1ccc2c(c1)oc1cc([N+](=O)[O-])c(Br)cc12. The average molecular weight is 371 g/mol. The highest BCUT2D eigenvalue weighted by Crippen LogP contribution is 2.36. The lowest BCUT2D eigenvalue weighted by Crippen LogP contribution is -2.11. The molecule has 0 saturated carbocycles. The van der Waals surface area contributed by atoms with Crippen molar-refractivity contribution in [3.8, 4) is 0 Å². The van der Waals surface area contributed by atoms with E-state index in [1.54, 1.807) is 12.1 Å². The number of rotatable bonds is 2. The van der Waals surface area contributed by atoms with Gasteiger partial charge in [0, 0.05) is 16.8 Å². The van der Waals surface area contributed by atoms with Crippen LogP contribution in [0.25, 0.3) is 21.9 Å². The molecule has 7 nitrogen and oxygen atoms in total. The molecule has 108 valence electrons. The second kappa shape index (κ2) is 4.52. The van der Waals surface area contributed by atoms with E-state index in [-0.39, 0.29) is 10.6 Å². The van der Waals surface area contributed by atoms with Crippen LogP contribution in [0.3, 0.4) is 0 Å². The van der Waals surface area contributed by atoms with Gasteiger partial charge in [0.15, 0.2) is 0 Å². The van der Waals surface area contributed by atoms with Gasteiger partial charge < -0.3 is 4.42 Å². The molecule has 9 heteroatoms. The van der Waals surface area contributed by atoms with Crippen LogP contribution >= 0.6 is 15.9 Å². The van der Waals surface area contributed by atoms with Crippen LogP contribution in [0.4, 0.5) is 5.69 Å². The molecule has 0 radical (unpaired) electrons. The first kappa shape index (κ1) is 14.0. The molecule has 0 aliphatic rings. The van der Waals surface area contributed by atoms with Gasteiger partial charge in [-0.15, -0.1) is 0 Å². The van der Waals surface area contributed by atoms with Crippen LogP contribution < -0.4 is 5.14 Å². The highest BCUT2D eigenvalue weighted by molar-refractivity contribution is 9.10. The van der Waals surface area contributed by atoms with Gasteiger partial charge in [-0.1, -0.05) is 0 Å². The summed E-state index contributed by atoms with van der Waals surface area (Å²) in [7, 11) is -3.84. The Hall–Kier alpha value is -1.97. The molecule has 0 amide bonds. The molecule has 0 fully saturated rings. The molecule has 3 rings (SSSR count). The van der Waals surface area contributed by atoms with E-state index < -0.39 is 14.9 Å². The number of benzene rings is 2. The molecule has 1 aromatic heterocycles. The molecular formula is C12H7BrN2O5S.